The summed E-state index contributed by atoms with van der Waals surface area (Å²) in [4.78, 5) is 11.6. The first-order valence-electron chi connectivity index (χ1n) is 6.99. The maximum Gasteiger partial charge on any atom is 0.337 e. The minimum Gasteiger partial charge on any atom is -0.465 e. The molecule has 112 valence electrons. The van der Waals surface area contributed by atoms with Gasteiger partial charge in [0, 0.05) is 31.0 Å². The molecule has 0 aliphatic rings. The second-order valence-corrected chi connectivity index (χ2v) is 5.00. The number of anilines is 1. The Kier molecular flexibility index (Phi) is 4.62. The highest BCUT2D eigenvalue weighted by molar-refractivity contribution is 5.90. The maximum atomic E-state index is 11.6. The Morgan fingerprint density at radius 3 is 2.86 bits per heavy atom. The first-order valence-corrected chi connectivity index (χ1v) is 6.99. The predicted octanol–water partition coefficient (Wildman–Crippen LogP) is 2.69. The largest absolute Gasteiger partial charge is 0.465 e. The van der Waals surface area contributed by atoms with Gasteiger partial charge in [0.25, 0.3) is 0 Å². The van der Waals surface area contributed by atoms with Crippen LogP contribution in [0, 0.1) is 6.92 Å². The van der Waals surface area contributed by atoms with Gasteiger partial charge in [-0.25, -0.2) is 4.79 Å². The number of benzene rings is 1. The number of hydrogen-bond acceptors (Lipinski definition) is 4. The number of esters is 1. The molecule has 0 radical (unpaired) electrons. The summed E-state index contributed by atoms with van der Waals surface area (Å²) in [6.07, 6.45) is 2.92. The van der Waals surface area contributed by atoms with Gasteiger partial charge in [-0.15, -0.1) is 0 Å². The Bertz CT molecular complexity index is 647. The quantitative estimate of drug-likeness (QED) is 0.859. The van der Waals surface area contributed by atoms with E-state index in [1.54, 1.807) is 6.07 Å². The maximum absolute atomic E-state index is 11.6. The predicted molar refractivity (Wildman–Crippen MR) is 82.4 cm³/mol. The molecule has 0 saturated carbocycles. The van der Waals surface area contributed by atoms with Crippen molar-refractivity contribution >= 4 is 11.7 Å². The van der Waals surface area contributed by atoms with E-state index in [1.165, 1.54) is 12.7 Å². The van der Waals surface area contributed by atoms with Gasteiger partial charge in [0.05, 0.1) is 18.4 Å². The number of methoxy groups -OCH3 is 1. The third-order valence-electron chi connectivity index (χ3n) is 3.45. The molecule has 1 aromatic heterocycles. The summed E-state index contributed by atoms with van der Waals surface area (Å²) in [5, 5.41) is 7.80. The van der Waals surface area contributed by atoms with E-state index in [9.17, 15) is 4.79 Å². The standard InChI is InChI=1S/C16H21N3O2/c1-5-14-13(10-19(3)18-14)9-17-15-8-12(16(20)21-4)7-6-11(15)2/h6-8,10,17H,5,9H2,1-4H3. The monoisotopic (exact) mass is 287 g/mol. The minimum absolute atomic E-state index is 0.325. The molecule has 21 heavy (non-hydrogen) atoms. The van der Waals surface area contributed by atoms with E-state index >= 15 is 0 Å². The smallest absolute Gasteiger partial charge is 0.337 e. The highest BCUT2D eigenvalue weighted by Gasteiger charge is 2.09. The Morgan fingerprint density at radius 1 is 1.43 bits per heavy atom. The second-order valence-electron chi connectivity index (χ2n) is 5.00. The Morgan fingerprint density at radius 2 is 2.19 bits per heavy atom. The molecule has 5 heteroatoms. The van der Waals surface area contributed by atoms with Crippen LogP contribution < -0.4 is 5.32 Å². The molecule has 0 fully saturated rings. The van der Waals surface area contributed by atoms with E-state index in [4.69, 9.17) is 4.74 Å². The van der Waals surface area contributed by atoms with Crippen molar-refractivity contribution in [2.75, 3.05) is 12.4 Å². The van der Waals surface area contributed by atoms with Crippen molar-refractivity contribution in [3.63, 3.8) is 0 Å². The first kappa shape index (κ1) is 15.1. The van der Waals surface area contributed by atoms with Crippen LogP contribution in [-0.2, 0) is 24.8 Å². The summed E-state index contributed by atoms with van der Waals surface area (Å²) in [6, 6.07) is 5.51. The molecule has 0 atom stereocenters. The van der Waals surface area contributed by atoms with Gasteiger partial charge in [0.1, 0.15) is 0 Å². The van der Waals surface area contributed by atoms with Crippen LogP contribution in [0.5, 0.6) is 0 Å². The highest BCUT2D eigenvalue weighted by atomic mass is 16.5. The van der Waals surface area contributed by atoms with Crippen molar-refractivity contribution in [2.24, 2.45) is 7.05 Å². The molecule has 5 nitrogen and oxygen atoms in total. The summed E-state index contributed by atoms with van der Waals surface area (Å²) in [6.45, 7) is 4.78. The number of aryl methyl sites for hydroxylation is 3. The van der Waals surface area contributed by atoms with Crippen molar-refractivity contribution < 1.29 is 9.53 Å². The Hall–Kier alpha value is -2.30. The molecular formula is C16H21N3O2. The van der Waals surface area contributed by atoms with Gasteiger partial charge in [-0.1, -0.05) is 13.0 Å². The highest BCUT2D eigenvalue weighted by Crippen LogP contribution is 2.19. The lowest BCUT2D eigenvalue weighted by molar-refractivity contribution is 0.0601. The van der Waals surface area contributed by atoms with Crippen LogP contribution in [-0.4, -0.2) is 22.9 Å². The van der Waals surface area contributed by atoms with Gasteiger partial charge in [-0.2, -0.15) is 5.10 Å². The molecular weight excluding hydrogens is 266 g/mol. The number of nitrogens with zero attached hydrogens (tertiary/aromatic N) is 2. The number of rotatable bonds is 5. The number of ether oxygens (including phenoxy) is 1. The van der Waals surface area contributed by atoms with E-state index in [0.717, 1.165) is 23.4 Å². The van der Waals surface area contributed by atoms with E-state index in [-0.39, 0.29) is 5.97 Å². The molecule has 2 rings (SSSR count). The van der Waals surface area contributed by atoms with Crippen LogP contribution in [0.4, 0.5) is 5.69 Å². The fourth-order valence-corrected chi connectivity index (χ4v) is 2.28. The number of hydrogen-bond donors (Lipinski definition) is 1. The molecule has 2 aromatic rings. The zero-order valence-corrected chi connectivity index (χ0v) is 12.9. The molecule has 0 amide bonds. The number of carbonyl (C=O) groups excluding carboxylic acids is 1. The Balaban J connectivity index is 2.17. The van der Waals surface area contributed by atoms with E-state index in [1.807, 2.05) is 37.0 Å². The molecule has 1 heterocycles. The van der Waals surface area contributed by atoms with Crippen LogP contribution in [0.15, 0.2) is 24.4 Å². The summed E-state index contributed by atoms with van der Waals surface area (Å²) in [5.74, 6) is -0.325. The lowest BCUT2D eigenvalue weighted by atomic mass is 10.1. The summed E-state index contributed by atoms with van der Waals surface area (Å²) in [5.41, 5.74) is 4.83. The summed E-state index contributed by atoms with van der Waals surface area (Å²) >= 11 is 0. The SMILES string of the molecule is CCc1nn(C)cc1CNc1cc(C(=O)OC)ccc1C. The molecule has 0 aliphatic heterocycles. The van der Waals surface area contributed by atoms with Crippen molar-refractivity contribution in [1.82, 2.24) is 9.78 Å². The number of aromatic nitrogens is 2. The number of carbonyl (C=O) groups is 1. The zero-order valence-electron chi connectivity index (χ0n) is 12.9. The summed E-state index contributed by atoms with van der Waals surface area (Å²) < 4.78 is 6.58. The van der Waals surface area contributed by atoms with Crippen LogP contribution in [0.1, 0.15) is 34.1 Å². The van der Waals surface area contributed by atoms with Crippen molar-refractivity contribution in [1.29, 1.82) is 0 Å². The van der Waals surface area contributed by atoms with Gasteiger partial charge >= 0.3 is 5.97 Å². The van der Waals surface area contributed by atoms with Crippen molar-refractivity contribution in [2.45, 2.75) is 26.8 Å². The molecule has 0 aliphatic carbocycles. The topological polar surface area (TPSA) is 56.2 Å². The summed E-state index contributed by atoms with van der Waals surface area (Å²) in [7, 11) is 3.31. The first-order chi connectivity index (χ1) is 10.0. The van der Waals surface area contributed by atoms with Crippen molar-refractivity contribution in [3.05, 3.63) is 46.8 Å². The van der Waals surface area contributed by atoms with Gasteiger partial charge in [-0.05, 0) is 31.0 Å². The van der Waals surface area contributed by atoms with Crippen LogP contribution >= 0.6 is 0 Å². The van der Waals surface area contributed by atoms with E-state index in [0.29, 0.717) is 12.1 Å². The van der Waals surface area contributed by atoms with E-state index in [2.05, 4.69) is 17.3 Å². The van der Waals surface area contributed by atoms with E-state index < -0.39 is 0 Å². The van der Waals surface area contributed by atoms with Gasteiger partial charge in [-0.3, -0.25) is 4.68 Å². The minimum atomic E-state index is -0.325. The average Bonchev–Trinajstić information content (AvgIpc) is 2.85. The van der Waals surface area contributed by atoms with Gasteiger partial charge in [0.15, 0.2) is 0 Å². The third-order valence-corrected chi connectivity index (χ3v) is 3.45. The molecule has 1 N–H and O–H groups in total. The molecule has 0 unspecified atom stereocenters. The second kappa shape index (κ2) is 6.43. The molecule has 0 bridgehead atoms. The fourth-order valence-electron chi connectivity index (χ4n) is 2.28. The lowest BCUT2D eigenvalue weighted by Crippen LogP contribution is -2.06. The molecule has 0 spiro atoms. The van der Waals surface area contributed by atoms with Gasteiger partial charge in [0.2, 0.25) is 0 Å². The fraction of sp³-hybridized carbons (Fsp3) is 0.375. The molecule has 1 aromatic carbocycles. The molecule has 0 saturated heterocycles. The van der Waals surface area contributed by atoms with Crippen molar-refractivity contribution in [3.8, 4) is 0 Å². The van der Waals surface area contributed by atoms with Gasteiger partial charge < -0.3 is 10.1 Å². The normalized spacial score (nSPS) is 10.5. The van der Waals surface area contributed by atoms with Crippen LogP contribution in [0.3, 0.4) is 0 Å². The van der Waals surface area contributed by atoms with Crippen LogP contribution in [0.2, 0.25) is 0 Å². The lowest BCUT2D eigenvalue weighted by Gasteiger charge is -2.11. The average molecular weight is 287 g/mol. The Labute approximate surface area is 124 Å². The third kappa shape index (κ3) is 3.42. The zero-order chi connectivity index (χ0) is 15.4. The van der Waals surface area contributed by atoms with Crippen LogP contribution in [0.25, 0.3) is 0 Å². The number of nitrogens with one attached hydrogen (secondary N) is 1.